The van der Waals surface area contributed by atoms with E-state index in [1.807, 2.05) is 6.07 Å². The molecule has 0 saturated heterocycles. The first-order valence-corrected chi connectivity index (χ1v) is 8.32. The zero-order valence-electron chi connectivity index (χ0n) is 11.3. The summed E-state index contributed by atoms with van der Waals surface area (Å²) in [6, 6.07) is 1.85. The van der Waals surface area contributed by atoms with Crippen LogP contribution in [0.1, 0.15) is 11.3 Å². The summed E-state index contributed by atoms with van der Waals surface area (Å²) >= 11 is 14.1. The first-order valence-electron chi connectivity index (χ1n) is 6.75. The number of nitrogens with zero attached hydrogens (tertiary/aromatic N) is 1. The van der Waals surface area contributed by atoms with E-state index in [0.717, 1.165) is 40.2 Å². The molecule has 3 rings (SSSR count). The van der Waals surface area contributed by atoms with Gasteiger partial charge in [-0.1, -0.05) is 41.4 Å². The molecule has 0 unspecified atom stereocenters. The number of hydrogen-bond acceptors (Lipinski definition) is 4. The Morgan fingerprint density at radius 3 is 2.95 bits per heavy atom. The van der Waals surface area contributed by atoms with Crippen LogP contribution in [0.4, 0.5) is 5.69 Å². The number of thiophene rings is 1. The van der Waals surface area contributed by atoms with Crippen LogP contribution in [0.5, 0.6) is 0 Å². The summed E-state index contributed by atoms with van der Waals surface area (Å²) in [5.41, 5.74) is 8.72. The smallest absolute Gasteiger partial charge is 0.131 e. The van der Waals surface area contributed by atoms with Crippen molar-refractivity contribution in [2.75, 3.05) is 18.4 Å². The van der Waals surface area contributed by atoms with E-state index < -0.39 is 0 Å². The maximum absolute atomic E-state index is 6.39. The molecule has 0 radical (unpaired) electrons. The van der Waals surface area contributed by atoms with E-state index in [-0.39, 0.29) is 0 Å². The van der Waals surface area contributed by atoms with Gasteiger partial charge in [0.15, 0.2) is 0 Å². The molecule has 2 aromatic rings. The van der Waals surface area contributed by atoms with Gasteiger partial charge in [0.2, 0.25) is 0 Å². The highest BCUT2D eigenvalue weighted by molar-refractivity contribution is 7.20. The van der Waals surface area contributed by atoms with Crippen LogP contribution in [0.15, 0.2) is 29.9 Å². The maximum atomic E-state index is 6.39. The van der Waals surface area contributed by atoms with Gasteiger partial charge in [0.05, 0.1) is 15.4 Å². The number of hydrogen-bond donors (Lipinski definition) is 2. The van der Waals surface area contributed by atoms with Gasteiger partial charge < -0.3 is 11.1 Å². The van der Waals surface area contributed by atoms with Gasteiger partial charge in [-0.3, -0.25) is 0 Å². The van der Waals surface area contributed by atoms with Crippen LogP contribution >= 0.6 is 34.5 Å². The minimum Gasteiger partial charge on any atom is -0.380 e. The highest BCUT2D eigenvalue weighted by atomic mass is 35.5. The average molecular weight is 340 g/mol. The third-order valence-electron chi connectivity index (χ3n) is 3.35. The van der Waals surface area contributed by atoms with Crippen molar-refractivity contribution < 1.29 is 0 Å². The Hall–Kier alpha value is -1.07. The van der Waals surface area contributed by atoms with E-state index in [2.05, 4.69) is 28.5 Å². The molecule has 3 nitrogen and oxygen atoms in total. The molecule has 0 atom stereocenters. The predicted octanol–water partition coefficient (Wildman–Crippen LogP) is 4.40. The molecule has 2 aromatic heterocycles. The Bertz CT molecular complexity index is 734. The Morgan fingerprint density at radius 2 is 2.24 bits per heavy atom. The van der Waals surface area contributed by atoms with Crippen molar-refractivity contribution in [2.24, 2.45) is 5.73 Å². The molecule has 1 aliphatic carbocycles. The van der Waals surface area contributed by atoms with E-state index in [0.29, 0.717) is 16.7 Å². The lowest BCUT2D eigenvalue weighted by molar-refractivity contribution is 0.989. The van der Waals surface area contributed by atoms with E-state index in [9.17, 15) is 0 Å². The monoisotopic (exact) mass is 339 g/mol. The van der Waals surface area contributed by atoms with Crippen molar-refractivity contribution in [3.8, 4) is 0 Å². The number of fused-ring (bicyclic) bond motifs is 1. The lowest BCUT2D eigenvalue weighted by Gasteiger charge is -2.08. The minimum absolute atomic E-state index is 0.447. The van der Waals surface area contributed by atoms with Crippen LogP contribution in [0, 0.1) is 0 Å². The van der Waals surface area contributed by atoms with Gasteiger partial charge in [-0.25, -0.2) is 4.98 Å². The third kappa shape index (κ3) is 3.09. The van der Waals surface area contributed by atoms with Crippen molar-refractivity contribution in [1.82, 2.24) is 4.98 Å². The SMILES string of the molecule is NCCc1sc2c(NCC3=CC=CC3)cc(Cl)nc2c1Cl. The number of rotatable bonds is 5. The molecule has 0 saturated carbocycles. The van der Waals surface area contributed by atoms with Crippen LogP contribution in [0.3, 0.4) is 0 Å². The summed E-state index contributed by atoms with van der Waals surface area (Å²) in [6.45, 7) is 1.37. The molecule has 21 heavy (non-hydrogen) atoms. The molecule has 110 valence electrons. The average Bonchev–Trinajstić information content (AvgIpc) is 3.07. The molecule has 0 fully saturated rings. The van der Waals surface area contributed by atoms with Crippen molar-refractivity contribution >= 4 is 50.4 Å². The fourth-order valence-electron chi connectivity index (χ4n) is 2.31. The van der Waals surface area contributed by atoms with Crippen LogP contribution in [-0.2, 0) is 6.42 Å². The van der Waals surface area contributed by atoms with Crippen LogP contribution in [0.25, 0.3) is 10.2 Å². The van der Waals surface area contributed by atoms with Crippen LogP contribution in [0.2, 0.25) is 10.2 Å². The summed E-state index contributed by atoms with van der Waals surface area (Å²) in [5, 5.41) is 4.56. The second-order valence-electron chi connectivity index (χ2n) is 4.86. The van der Waals surface area contributed by atoms with Crippen molar-refractivity contribution in [1.29, 1.82) is 0 Å². The van der Waals surface area contributed by atoms with Crippen molar-refractivity contribution in [3.05, 3.63) is 44.9 Å². The number of allylic oxidation sites excluding steroid dienone is 3. The number of nitrogens with one attached hydrogen (secondary N) is 1. The lowest BCUT2D eigenvalue weighted by atomic mass is 10.2. The molecule has 0 bridgehead atoms. The highest BCUT2D eigenvalue weighted by Crippen LogP contribution is 2.39. The number of nitrogens with two attached hydrogens (primary N) is 1. The lowest BCUT2D eigenvalue weighted by Crippen LogP contribution is -2.03. The normalized spacial score (nSPS) is 14.0. The first-order chi connectivity index (χ1) is 10.2. The molecule has 2 heterocycles. The zero-order valence-corrected chi connectivity index (χ0v) is 13.7. The Kier molecular flexibility index (Phi) is 4.50. The molecule has 3 N–H and O–H groups in total. The van der Waals surface area contributed by atoms with E-state index in [1.54, 1.807) is 11.3 Å². The van der Waals surface area contributed by atoms with E-state index in [4.69, 9.17) is 28.9 Å². The second kappa shape index (κ2) is 6.36. The highest BCUT2D eigenvalue weighted by Gasteiger charge is 2.15. The standard InChI is InChI=1S/C15H15Cl2N3S/c16-12-7-10(19-8-9-3-1-2-4-9)15-14(20-12)13(17)11(21-15)5-6-18/h1-3,7H,4-6,8,18H2,(H,19,20). The number of anilines is 1. The fraction of sp³-hybridized carbons (Fsp3) is 0.267. The van der Waals surface area contributed by atoms with Crippen molar-refractivity contribution in [2.45, 2.75) is 12.8 Å². The quantitative estimate of drug-likeness (QED) is 0.793. The summed E-state index contributed by atoms with van der Waals surface area (Å²) in [6.07, 6.45) is 8.11. The molecule has 6 heteroatoms. The predicted molar refractivity (Wildman–Crippen MR) is 92.7 cm³/mol. The summed E-state index contributed by atoms with van der Waals surface area (Å²) in [7, 11) is 0. The van der Waals surface area contributed by atoms with Gasteiger partial charge in [-0.05, 0) is 25.0 Å². The largest absolute Gasteiger partial charge is 0.380 e. The molecule has 0 spiro atoms. The Morgan fingerprint density at radius 1 is 1.38 bits per heavy atom. The minimum atomic E-state index is 0.447. The van der Waals surface area contributed by atoms with Crippen molar-refractivity contribution in [3.63, 3.8) is 0 Å². The maximum Gasteiger partial charge on any atom is 0.131 e. The molecular weight excluding hydrogens is 325 g/mol. The Balaban J connectivity index is 1.94. The van der Waals surface area contributed by atoms with E-state index in [1.165, 1.54) is 5.57 Å². The first kappa shape index (κ1) is 14.9. The molecular formula is C15H15Cl2N3S. The van der Waals surface area contributed by atoms with Gasteiger partial charge in [0.1, 0.15) is 10.7 Å². The Labute approximate surface area is 137 Å². The molecule has 0 aromatic carbocycles. The van der Waals surface area contributed by atoms with Crippen LogP contribution in [-0.4, -0.2) is 18.1 Å². The van der Waals surface area contributed by atoms with Gasteiger partial charge >= 0.3 is 0 Å². The molecule has 1 aliphatic rings. The van der Waals surface area contributed by atoms with Gasteiger partial charge in [-0.15, -0.1) is 11.3 Å². The second-order valence-corrected chi connectivity index (χ2v) is 6.73. The summed E-state index contributed by atoms with van der Waals surface area (Å²) < 4.78 is 1.04. The topological polar surface area (TPSA) is 50.9 Å². The van der Waals surface area contributed by atoms with Crippen LogP contribution < -0.4 is 11.1 Å². The summed E-state index contributed by atoms with van der Waals surface area (Å²) in [4.78, 5) is 5.42. The zero-order chi connectivity index (χ0) is 14.8. The molecule has 0 aliphatic heterocycles. The van der Waals surface area contributed by atoms with Gasteiger partial charge in [0.25, 0.3) is 0 Å². The molecule has 0 amide bonds. The van der Waals surface area contributed by atoms with Gasteiger partial charge in [0, 0.05) is 17.5 Å². The summed E-state index contributed by atoms with van der Waals surface area (Å²) in [5.74, 6) is 0. The number of aromatic nitrogens is 1. The fourth-order valence-corrected chi connectivity index (χ4v) is 4.04. The third-order valence-corrected chi connectivity index (χ3v) is 5.33. The van der Waals surface area contributed by atoms with E-state index >= 15 is 0 Å². The van der Waals surface area contributed by atoms with Gasteiger partial charge in [-0.2, -0.15) is 0 Å². The number of halogens is 2. The number of pyridine rings is 1.